The highest BCUT2D eigenvalue weighted by Gasteiger charge is 2.29. The molecule has 0 saturated heterocycles. The van der Waals surface area contributed by atoms with Crippen molar-refractivity contribution in [2.24, 2.45) is 5.92 Å². The van der Waals surface area contributed by atoms with Crippen LogP contribution in [0, 0.1) is 5.92 Å². The molecule has 0 radical (unpaired) electrons. The molecule has 1 aromatic carbocycles. The zero-order chi connectivity index (χ0) is 18.1. The van der Waals surface area contributed by atoms with E-state index in [-0.39, 0.29) is 5.91 Å². The fourth-order valence-electron chi connectivity index (χ4n) is 3.89. The van der Waals surface area contributed by atoms with Gasteiger partial charge in [-0.25, -0.2) is 0 Å². The third-order valence-electron chi connectivity index (χ3n) is 5.34. The lowest BCUT2D eigenvalue weighted by Crippen LogP contribution is -2.34. The van der Waals surface area contributed by atoms with Crippen molar-refractivity contribution >= 4 is 5.91 Å². The number of aromatic amines is 1. The van der Waals surface area contributed by atoms with E-state index in [0.717, 1.165) is 48.3 Å². The van der Waals surface area contributed by atoms with Crippen molar-refractivity contribution < 1.29 is 14.3 Å². The number of para-hydroxylation sites is 1. The predicted molar refractivity (Wildman–Crippen MR) is 97.6 cm³/mol. The molecule has 2 aliphatic rings. The number of benzene rings is 1. The lowest BCUT2D eigenvalue weighted by atomic mass is 9.87. The Balaban J connectivity index is 1.63. The Hall–Kier alpha value is -2.50. The van der Waals surface area contributed by atoms with Gasteiger partial charge >= 0.3 is 0 Å². The molecular formula is C20H25N3O3. The molecule has 1 atom stereocenters. The van der Waals surface area contributed by atoms with E-state index in [1.165, 1.54) is 0 Å². The number of hydrogen-bond acceptors (Lipinski definition) is 4. The molecule has 2 aromatic rings. The van der Waals surface area contributed by atoms with Gasteiger partial charge in [-0.3, -0.25) is 9.89 Å². The number of fused-ring (bicyclic) bond motifs is 2. The lowest BCUT2D eigenvalue weighted by Gasteiger charge is -2.27. The summed E-state index contributed by atoms with van der Waals surface area (Å²) in [6.45, 7) is 3.96. The number of nitrogens with zero attached hydrogens (tertiary/aromatic N) is 2. The fraction of sp³-hybridized carbons (Fsp3) is 0.500. The monoisotopic (exact) mass is 355 g/mol. The first-order chi connectivity index (χ1) is 12.7. The van der Waals surface area contributed by atoms with Crippen molar-refractivity contribution in [2.45, 2.75) is 39.2 Å². The molecule has 138 valence electrons. The highest BCUT2D eigenvalue weighted by Crippen LogP contribution is 2.34. The van der Waals surface area contributed by atoms with Crippen LogP contribution in [0.2, 0.25) is 0 Å². The number of H-pyrrole nitrogens is 1. The summed E-state index contributed by atoms with van der Waals surface area (Å²) in [6, 6.07) is 5.81. The van der Waals surface area contributed by atoms with Crippen LogP contribution in [-0.2, 0) is 19.4 Å². The number of carbonyl (C=O) groups excluding carboxylic acids is 1. The second-order valence-corrected chi connectivity index (χ2v) is 7.25. The van der Waals surface area contributed by atoms with Gasteiger partial charge in [0.25, 0.3) is 5.91 Å². The summed E-state index contributed by atoms with van der Waals surface area (Å²) in [5, 5.41) is 7.47. The van der Waals surface area contributed by atoms with E-state index in [4.69, 9.17) is 9.47 Å². The number of ether oxygens (including phenoxy) is 2. The molecule has 6 nitrogen and oxygen atoms in total. The summed E-state index contributed by atoms with van der Waals surface area (Å²) >= 11 is 0. The topological polar surface area (TPSA) is 67.5 Å². The van der Waals surface area contributed by atoms with Crippen molar-refractivity contribution in [2.75, 3.05) is 20.3 Å². The Bertz CT molecular complexity index is 815. The van der Waals surface area contributed by atoms with E-state index in [1.54, 1.807) is 7.11 Å². The summed E-state index contributed by atoms with van der Waals surface area (Å²) in [5.41, 5.74) is 3.80. The number of hydrogen-bond donors (Lipinski definition) is 1. The molecule has 4 rings (SSSR count). The number of amides is 1. The number of carbonyl (C=O) groups is 1. The first kappa shape index (κ1) is 16.9. The molecule has 1 aliphatic carbocycles. The molecule has 6 heteroatoms. The van der Waals surface area contributed by atoms with Crippen LogP contribution in [0.25, 0.3) is 0 Å². The zero-order valence-corrected chi connectivity index (χ0v) is 15.4. The minimum Gasteiger partial charge on any atom is -0.493 e. The maximum atomic E-state index is 13.2. The Labute approximate surface area is 153 Å². The first-order valence-electron chi connectivity index (χ1n) is 9.31. The maximum absolute atomic E-state index is 13.2. The molecule has 1 amide bonds. The van der Waals surface area contributed by atoms with E-state index in [9.17, 15) is 4.79 Å². The van der Waals surface area contributed by atoms with Crippen LogP contribution in [0.5, 0.6) is 11.5 Å². The fourth-order valence-corrected chi connectivity index (χ4v) is 3.89. The molecule has 0 bridgehead atoms. The van der Waals surface area contributed by atoms with E-state index < -0.39 is 0 Å². The third kappa shape index (κ3) is 3.04. The molecule has 26 heavy (non-hydrogen) atoms. The number of rotatable bonds is 2. The molecule has 0 saturated carbocycles. The summed E-state index contributed by atoms with van der Waals surface area (Å²) < 4.78 is 11.3. The average Bonchev–Trinajstić information content (AvgIpc) is 3.04. The van der Waals surface area contributed by atoms with Gasteiger partial charge in [0.05, 0.1) is 13.7 Å². The van der Waals surface area contributed by atoms with Crippen molar-refractivity contribution in [3.05, 3.63) is 40.7 Å². The standard InChI is InChI=1S/C20H25N3O3/c1-13-7-8-16-15(11-13)18(22-21-16)20(24)23-9-4-10-26-19-14(12-23)5-3-6-17(19)25-2/h3,5-6,13H,4,7-12H2,1-2H3,(H,21,22)/t13-/m1/s1. The summed E-state index contributed by atoms with van der Waals surface area (Å²) in [6.07, 6.45) is 3.84. The molecule has 0 fully saturated rings. The molecule has 0 spiro atoms. The molecule has 1 aliphatic heterocycles. The number of nitrogens with one attached hydrogen (secondary N) is 1. The van der Waals surface area contributed by atoms with Gasteiger partial charge < -0.3 is 14.4 Å². The average molecular weight is 355 g/mol. The molecule has 1 aromatic heterocycles. The lowest BCUT2D eigenvalue weighted by molar-refractivity contribution is 0.0714. The molecule has 1 N–H and O–H groups in total. The third-order valence-corrected chi connectivity index (χ3v) is 5.34. The van der Waals surface area contributed by atoms with Crippen LogP contribution in [0.3, 0.4) is 0 Å². The van der Waals surface area contributed by atoms with Crippen LogP contribution in [0.15, 0.2) is 18.2 Å². The van der Waals surface area contributed by atoms with Gasteiger partial charge in [-0.15, -0.1) is 0 Å². The van der Waals surface area contributed by atoms with Crippen molar-refractivity contribution in [3.63, 3.8) is 0 Å². The van der Waals surface area contributed by atoms with E-state index in [0.29, 0.717) is 37.1 Å². The second kappa shape index (κ2) is 7.02. The minimum absolute atomic E-state index is 0.00673. The Morgan fingerprint density at radius 2 is 2.31 bits per heavy atom. The van der Waals surface area contributed by atoms with Crippen LogP contribution < -0.4 is 9.47 Å². The zero-order valence-electron chi connectivity index (χ0n) is 15.4. The number of methoxy groups -OCH3 is 1. The smallest absolute Gasteiger partial charge is 0.274 e. The normalized spacial score (nSPS) is 19.6. The van der Waals surface area contributed by atoms with Gasteiger partial charge in [0, 0.05) is 29.9 Å². The van der Waals surface area contributed by atoms with Gasteiger partial charge in [0.2, 0.25) is 0 Å². The van der Waals surface area contributed by atoms with E-state index in [1.807, 2.05) is 23.1 Å². The van der Waals surface area contributed by atoms with E-state index >= 15 is 0 Å². The largest absolute Gasteiger partial charge is 0.493 e. The van der Waals surface area contributed by atoms with Gasteiger partial charge in [0.1, 0.15) is 0 Å². The summed E-state index contributed by atoms with van der Waals surface area (Å²) in [7, 11) is 1.64. The van der Waals surface area contributed by atoms with E-state index in [2.05, 4.69) is 17.1 Å². The predicted octanol–water partition coefficient (Wildman–Crippen LogP) is 2.97. The second-order valence-electron chi connectivity index (χ2n) is 7.25. The highest BCUT2D eigenvalue weighted by atomic mass is 16.5. The van der Waals surface area contributed by atoms with Gasteiger partial charge in [-0.05, 0) is 37.7 Å². The minimum atomic E-state index is 0.00673. The number of aryl methyl sites for hydroxylation is 1. The van der Waals surface area contributed by atoms with Gasteiger partial charge in [-0.1, -0.05) is 19.1 Å². The molecule has 2 heterocycles. The SMILES string of the molecule is COc1cccc2c1OCCCN(C(=O)c1n[nH]c3c1C[C@H](C)CC3)C2. The quantitative estimate of drug-likeness (QED) is 0.899. The van der Waals surface area contributed by atoms with Crippen LogP contribution >= 0.6 is 0 Å². The van der Waals surface area contributed by atoms with Crippen molar-refractivity contribution in [1.29, 1.82) is 0 Å². The number of aromatic nitrogens is 2. The molecular weight excluding hydrogens is 330 g/mol. The van der Waals surface area contributed by atoms with Crippen LogP contribution in [0.4, 0.5) is 0 Å². The summed E-state index contributed by atoms with van der Waals surface area (Å²) in [5.74, 6) is 2.05. The van der Waals surface area contributed by atoms with Crippen LogP contribution in [0.1, 0.15) is 47.1 Å². The van der Waals surface area contributed by atoms with Crippen molar-refractivity contribution in [1.82, 2.24) is 15.1 Å². The van der Waals surface area contributed by atoms with Crippen molar-refractivity contribution in [3.8, 4) is 11.5 Å². The Morgan fingerprint density at radius 3 is 3.15 bits per heavy atom. The maximum Gasteiger partial charge on any atom is 0.274 e. The summed E-state index contributed by atoms with van der Waals surface area (Å²) in [4.78, 5) is 15.1. The van der Waals surface area contributed by atoms with Gasteiger partial charge in [-0.2, -0.15) is 5.10 Å². The Morgan fingerprint density at radius 1 is 1.42 bits per heavy atom. The van der Waals surface area contributed by atoms with Crippen LogP contribution in [-0.4, -0.2) is 41.3 Å². The molecule has 0 unspecified atom stereocenters. The first-order valence-corrected chi connectivity index (χ1v) is 9.31. The Kier molecular flexibility index (Phi) is 4.57. The van der Waals surface area contributed by atoms with Gasteiger partial charge in [0.15, 0.2) is 17.2 Å². The highest BCUT2D eigenvalue weighted by molar-refractivity contribution is 5.94.